The van der Waals surface area contributed by atoms with Gasteiger partial charge in [-0.1, -0.05) is 17.7 Å². The SMILES string of the molecule is COc1ccc(/C(Cl)=C(\C[NH+](C)C)c2ccc(OC)c(OC)c2)cc1OC. The average Bonchev–Trinajstić information content (AvgIpc) is 2.70. The van der Waals surface area contributed by atoms with Crippen LogP contribution in [0.5, 0.6) is 23.0 Å². The molecule has 0 atom stereocenters. The van der Waals surface area contributed by atoms with E-state index >= 15 is 0 Å². The van der Waals surface area contributed by atoms with Crippen molar-refractivity contribution in [3.05, 3.63) is 47.5 Å². The Morgan fingerprint density at radius 2 is 1.19 bits per heavy atom. The van der Waals surface area contributed by atoms with Crippen molar-refractivity contribution in [1.82, 2.24) is 0 Å². The summed E-state index contributed by atoms with van der Waals surface area (Å²) < 4.78 is 21.5. The first-order valence-electron chi connectivity index (χ1n) is 8.57. The molecule has 0 heterocycles. The molecule has 0 aliphatic carbocycles. The van der Waals surface area contributed by atoms with Crippen LogP contribution in [0.15, 0.2) is 36.4 Å². The van der Waals surface area contributed by atoms with Crippen molar-refractivity contribution in [3.8, 4) is 23.0 Å². The maximum Gasteiger partial charge on any atom is 0.161 e. The highest BCUT2D eigenvalue weighted by atomic mass is 35.5. The van der Waals surface area contributed by atoms with E-state index in [1.165, 1.54) is 4.90 Å². The van der Waals surface area contributed by atoms with Crippen molar-refractivity contribution >= 4 is 22.2 Å². The van der Waals surface area contributed by atoms with Crippen molar-refractivity contribution in [3.63, 3.8) is 0 Å². The number of nitrogens with one attached hydrogen (secondary N) is 1. The van der Waals surface area contributed by atoms with Crippen molar-refractivity contribution in [2.45, 2.75) is 0 Å². The Kier molecular flexibility index (Phi) is 7.39. The summed E-state index contributed by atoms with van der Waals surface area (Å²) in [6.07, 6.45) is 0. The van der Waals surface area contributed by atoms with Gasteiger partial charge in [0, 0.05) is 5.57 Å². The third-order valence-corrected chi connectivity index (χ3v) is 4.61. The van der Waals surface area contributed by atoms with Gasteiger partial charge >= 0.3 is 0 Å². The molecular weight excluding hydrogens is 366 g/mol. The van der Waals surface area contributed by atoms with E-state index in [0.29, 0.717) is 28.0 Å². The number of methoxy groups -OCH3 is 4. The first-order valence-corrected chi connectivity index (χ1v) is 8.95. The first-order chi connectivity index (χ1) is 12.9. The second-order valence-electron chi connectivity index (χ2n) is 6.32. The Morgan fingerprint density at radius 1 is 0.741 bits per heavy atom. The highest BCUT2D eigenvalue weighted by molar-refractivity contribution is 6.52. The van der Waals surface area contributed by atoms with Crippen LogP contribution in [0.4, 0.5) is 0 Å². The second-order valence-corrected chi connectivity index (χ2v) is 6.69. The van der Waals surface area contributed by atoms with Crippen LogP contribution < -0.4 is 23.8 Å². The average molecular weight is 393 g/mol. The van der Waals surface area contributed by atoms with Crippen LogP contribution >= 0.6 is 11.6 Å². The van der Waals surface area contributed by atoms with Gasteiger partial charge < -0.3 is 23.8 Å². The molecule has 2 aromatic carbocycles. The smallest absolute Gasteiger partial charge is 0.161 e. The molecule has 2 rings (SSSR count). The summed E-state index contributed by atoms with van der Waals surface area (Å²) in [4.78, 5) is 1.25. The van der Waals surface area contributed by atoms with Gasteiger partial charge in [0.05, 0.1) is 47.6 Å². The number of ether oxygens (including phenoxy) is 4. The third-order valence-electron chi connectivity index (χ3n) is 4.16. The van der Waals surface area contributed by atoms with Gasteiger partial charge in [-0.15, -0.1) is 0 Å². The molecule has 146 valence electrons. The summed E-state index contributed by atoms with van der Waals surface area (Å²) in [7, 11) is 10.6. The lowest BCUT2D eigenvalue weighted by molar-refractivity contribution is -0.849. The summed E-state index contributed by atoms with van der Waals surface area (Å²) in [5, 5.41) is 0.657. The number of rotatable bonds is 8. The second kappa shape index (κ2) is 9.53. The minimum absolute atomic E-state index is 0.636. The predicted octanol–water partition coefficient (Wildman–Crippen LogP) is 2.97. The molecule has 0 spiro atoms. The summed E-state index contributed by atoms with van der Waals surface area (Å²) in [5.41, 5.74) is 2.85. The number of quaternary nitrogens is 1. The molecule has 0 saturated heterocycles. The molecule has 2 aromatic rings. The van der Waals surface area contributed by atoms with Crippen LogP contribution in [0, 0.1) is 0 Å². The lowest BCUT2D eigenvalue weighted by Gasteiger charge is -2.17. The largest absolute Gasteiger partial charge is 0.493 e. The predicted molar refractivity (Wildman–Crippen MR) is 109 cm³/mol. The maximum absolute atomic E-state index is 6.84. The van der Waals surface area contributed by atoms with Crippen LogP contribution in [-0.4, -0.2) is 49.1 Å². The lowest BCUT2D eigenvalue weighted by atomic mass is 10.0. The van der Waals surface area contributed by atoms with Gasteiger partial charge in [-0.05, 0) is 41.5 Å². The molecule has 0 bridgehead atoms. The number of likely N-dealkylation sites (N-methyl/N-ethyl adjacent to an activating group) is 1. The van der Waals surface area contributed by atoms with Crippen molar-refractivity contribution < 1.29 is 23.8 Å². The fourth-order valence-electron chi connectivity index (χ4n) is 2.83. The Morgan fingerprint density at radius 3 is 1.63 bits per heavy atom. The number of hydrogen-bond acceptors (Lipinski definition) is 4. The van der Waals surface area contributed by atoms with Crippen LogP contribution in [0.3, 0.4) is 0 Å². The van der Waals surface area contributed by atoms with Gasteiger partial charge in [0.25, 0.3) is 0 Å². The van der Waals surface area contributed by atoms with Crippen LogP contribution in [0.2, 0.25) is 0 Å². The van der Waals surface area contributed by atoms with E-state index in [9.17, 15) is 0 Å². The van der Waals surface area contributed by atoms with E-state index in [0.717, 1.165) is 23.2 Å². The zero-order valence-corrected chi connectivity index (χ0v) is 17.4. The fourth-order valence-corrected chi connectivity index (χ4v) is 3.12. The number of halogens is 1. The van der Waals surface area contributed by atoms with Gasteiger partial charge in [0.2, 0.25) is 0 Å². The van der Waals surface area contributed by atoms with Crippen LogP contribution in [0.1, 0.15) is 11.1 Å². The molecule has 0 radical (unpaired) electrons. The molecule has 0 aliphatic rings. The summed E-state index contributed by atoms with van der Waals surface area (Å²) in [5.74, 6) is 2.65. The van der Waals surface area contributed by atoms with Crippen molar-refractivity contribution in [2.75, 3.05) is 49.1 Å². The summed E-state index contributed by atoms with van der Waals surface area (Å²) >= 11 is 6.84. The molecule has 0 amide bonds. The van der Waals surface area contributed by atoms with Gasteiger partial charge in [-0.25, -0.2) is 0 Å². The summed E-state index contributed by atoms with van der Waals surface area (Å²) in [6.45, 7) is 0.739. The van der Waals surface area contributed by atoms with Crippen LogP contribution in [-0.2, 0) is 0 Å². The zero-order chi connectivity index (χ0) is 20.0. The Hall–Kier alpha value is -2.37. The molecule has 1 N–H and O–H groups in total. The van der Waals surface area contributed by atoms with Gasteiger partial charge in [-0.2, -0.15) is 0 Å². The van der Waals surface area contributed by atoms with E-state index in [2.05, 4.69) is 14.1 Å². The third kappa shape index (κ3) is 4.87. The molecule has 0 fully saturated rings. The Bertz CT molecular complexity index is 818. The normalized spacial score (nSPS) is 11.9. The van der Waals surface area contributed by atoms with Crippen molar-refractivity contribution in [1.29, 1.82) is 0 Å². The summed E-state index contributed by atoms with van der Waals surface area (Å²) in [6, 6.07) is 11.5. The lowest BCUT2D eigenvalue weighted by Crippen LogP contribution is -3.05. The zero-order valence-electron chi connectivity index (χ0n) is 16.7. The minimum atomic E-state index is 0.636. The van der Waals surface area contributed by atoms with E-state index in [1.54, 1.807) is 28.4 Å². The monoisotopic (exact) mass is 392 g/mol. The van der Waals surface area contributed by atoms with Gasteiger partial charge in [0.1, 0.15) is 6.54 Å². The molecule has 6 heteroatoms. The van der Waals surface area contributed by atoms with Gasteiger partial charge in [0.15, 0.2) is 23.0 Å². The highest BCUT2D eigenvalue weighted by Crippen LogP contribution is 2.37. The molecule has 5 nitrogen and oxygen atoms in total. The topological polar surface area (TPSA) is 41.4 Å². The quantitative estimate of drug-likeness (QED) is 0.701. The maximum atomic E-state index is 6.84. The first kappa shape index (κ1) is 20.9. The van der Waals surface area contributed by atoms with Gasteiger partial charge in [-0.3, -0.25) is 0 Å². The molecule has 0 saturated carbocycles. The number of benzene rings is 2. The van der Waals surface area contributed by atoms with Crippen LogP contribution in [0.25, 0.3) is 10.6 Å². The Balaban J connectivity index is 2.61. The van der Waals surface area contributed by atoms with E-state index in [4.69, 9.17) is 30.5 Å². The van der Waals surface area contributed by atoms with Crippen molar-refractivity contribution in [2.24, 2.45) is 0 Å². The number of hydrogen-bond donors (Lipinski definition) is 1. The van der Waals surface area contributed by atoms with E-state index in [-0.39, 0.29) is 0 Å². The Labute approximate surface area is 166 Å². The fraction of sp³-hybridized carbons (Fsp3) is 0.333. The molecule has 27 heavy (non-hydrogen) atoms. The van der Waals surface area contributed by atoms with E-state index < -0.39 is 0 Å². The van der Waals surface area contributed by atoms with E-state index in [1.807, 2.05) is 36.4 Å². The minimum Gasteiger partial charge on any atom is -0.493 e. The molecule has 0 aromatic heterocycles. The molecular formula is C21H27ClNO4+. The standard InChI is InChI=1S/C21H26ClNO4/c1-23(2)13-16(14-7-9-17(24-3)19(11-14)26-5)21(22)15-8-10-18(25-4)20(12-15)27-6/h7-12H,13H2,1-6H3/p+1/b21-16-. The molecule has 0 aliphatic heterocycles. The highest BCUT2D eigenvalue weighted by Gasteiger charge is 2.17. The molecule has 0 unspecified atom stereocenters.